The Morgan fingerprint density at radius 2 is 2.00 bits per heavy atom. The quantitative estimate of drug-likeness (QED) is 0.345. The smallest absolute Gasteiger partial charge is 0.335 e. The van der Waals surface area contributed by atoms with E-state index in [0.717, 1.165) is 42.6 Å². The van der Waals surface area contributed by atoms with Crippen molar-refractivity contribution in [2.45, 2.75) is 58.5 Å². The SMILES string of the molecule is CCCCc1cn(-c2nccn2CC(C)C)c(=O)n1CC1(c2cccc(-c3nn[nH]n3)c2)C=CNC=C1. The number of hydrogen-bond donors (Lipinski definition) is 2. The molecule has 10 heteroatoms. The minimum atomic E-state index is -0.546. The number of dihydropyridines is 1. The summed E-state index contributed by atoms with van der Waals surface area (Å²) in [6, 6.07) is 8.09. The van der Waals surface area contributed by atoms with Crippen molar-refractivity contribution < 1.29 is 0 Å². The van der Waals surface area contributed by atoms with Gasteiger partial charge in [-0.25, -0.2) is 14.3 Å². The van der Waals surface area contributed by atoms with Gasteiger partial charge in [0.25, 0.3) is 0 Å². The van der Waals surface area contributed by atoms with E-state index in [-0.39, 0.29) is 5.69 Å². The Labute approximate surface area is 215 Å². The van der Waals surface area contributed by atoms with Crippen LogP contribution in [-0.4, -0.2) is 39.3 Å². The van der Waals surface area contributed by atoms with Crippen LogP contribution in [0.4, 0.5) is 0 Å². The van der Waals surface area contributed by atoms with Gasteiger partial charge in [0.2, 0.25) is 11.8 Å². The van der Waals surface area contributed by atoms with Crippen molar-refractivity contribution in [2.75, 3.05) is 0 Å². The lowest BCUT2D eigenvalue weighted by Crippen LogP contribution is -2.36. The van der Waals surface area contributed by atoms with Crippen molar-refractivity contribution in [2.24, 2.45) is 5.92 Å². The lowest BCUT2D eigenvalue weighted by Gasteiger charge is -2.31. The van der Waals surface area contributed by atoms with Crippen molar-refractivity contribution in [3.63, 3.8) is 0 Å². The molecular formula is C27H33N9O. The minimum Gasteiger partial charge on any atom is -0.368 e. The highest BCUT2D eigenvalue weighted by Crippen LogP contribution is 2.33. The number of nitrogens with zero attached hydrogens (tertiary/aromatic N) is 7. The molecule has 4 heterocycles. The summed E-state index contributed by atoms with van der Waals surface area (Å²) in [4.78, 5) is 18.5. The number of benzene rings is 1. The van der Waals surface area contributed by atoms with Crippen molar-refractivity contribution in [3.8, 4) is 17.3 Å². The van der Waals surface area contributed by atoms with Crippen molar-refractivity contribution in [3.05, 3.63) is 89.1 Å². The average molecular weight is 500 g/mol. The summed E-state index contributed by atoms with van der Waals surface area (Å²) in [5.41, 5.74) is 2.26. The Morgan fingerprint density at radius 1 is 1.16 bits per heavy atom. The molecule has 0 unspecified atom stereocenters. The van der Waals surface area contributed by atoms with E-state index in [0.29, 0.717) is 24.2 Å². The van der Waals surface area contributed by atoms with Gasteiger partial charge in [0, 0.05) is 42.9 Å². The Hall–Kier alpha value is -4.21. The first-order chi connectivity index (χ1) is 18.0. The van der Waals surface area contributed by atoms with E-state index in [9.17, 15) is 4.79 Å². The summed E-state index contributed by atoms with van der Waals surface area (Å²) in [5, 5.41) is 17.6. The van der Waals surface area contributed by atoms with E-state index in [2.05, 4.69) is 80.5 Å². The molecule has 37 heavy (non-hydrogen) atoms. The third-order valence-electron chi connectivity index (χ3n) is 6.70. The fraction of sp³-hybridized carbons (Fsp3) is 0.370. The second-order valence-corrected chi connectivity index (χ2v) is 9.93. The van der Waals surface area contributed by atoms with Gasteiger partial charge >= 0.3 is 5.69 Å². The van der Waals surface area contributed by atoms with Gasteiger partial charge in [0.15, 0.2) is 0 Å². The maximum absolute atomic E-state index is 14.0. The van der Waals surface area contributed by atoms with Crippen LogP contribution in [0.25, 0.3) is 17.3 Å². The zero-order chi connectivity index (χ0) is 25.8. The van der Waals surface area contributed by atoms with E-state index in [1.165, 1.54) is 0 Å². The molecule has 0 saturated carbocycles. The van der Waals surface area contributed by atoms with Crippen LogP contribution in [0.1, 0.15) is 44.9 Å². The van der Waals surface area contributed by atoms with Crippen LogP contribution in [0.5, 0.6) is 0 Å². The fourth-order valence-corrected chi connectivity index (χ4v) is 4.84. The first-order valence-electron chi connectivity index (χ1n) is 12.8. The monoisotopic (exact) mass is 499 g/mol. The summed E-state index contributed by atoms with van der Waals surface area (Å²) < 4.78 is 5.66. The van der Waals surface area contributed by atoms with Crippen molar-refractivity contribution >= 4 is 0 Å². The number of nitrogens with one attached hydrogen (secondary N) is 2. The number of imidazole rings is 2. The molecule has 1 aliphatic rings. The van der Waals surface area contributed by atoms with Gasteiger partial charge in [-0.1, -0.05) is 57.5 Å². The maximum atomic E-state index is 14.0. The summed E-state index contributed by atoms with van der Waals surface area (Å²) in [6.07, 6.45) is 16.6. The van der Waals surface area contributed by atoms with Crippen molar-refractivity contribution in [1.82, 2.24) is 44.6 Å². The van der Waals surface area contributed by atoms with Crippen LogP contribution in [-0.2, 0) is 24.9 Å². The van der Waals surface area contributed by atoms with Crippen molar-refractivity contribution in [1.29, 1.82) is 0 Å². The van der Waals surface area contributed by atoms with Crippen LogP contribution in [0.3, 0.4) is 0 Å². The molecule has 0 saturated heterocycles. The Bertz CT molecular complexity index is 1440. The number of aromatic nitrogens is 8. The highest BCUT2D eigenvalue weighted by atomic mass is 16.1. The molecule has 0 aliphatic carbocycles. The van der Waals surface area contributed by atoms with E-state index in [4.69, 9.17) is 0 Å². The topological polar surface area (TPSA) is 111 Å². The van der Waals surface area contributed by atoms with Gasteiger partial charge in [-0.2, -0.15) is 5.21 Å². The molecule has 2 N–H and O–H groups in total. The lowest BCUT2D eigenvalue weighted by atomic mass is 9.78. The largest absolute Gasteiger partial charge is 0.368 e. The molecule has 1 aromatic carbocycles. The third-order valence-corrected chi connectivity index (χ3v) is 6.70. The van der Waals surface area contributed by atoms with Gasteiger partial charge in [0.05, 0.1) is 5.41 Å². The number of aromatic amines is 1. The number of unbranched alkanes of at least 4 members (excludes halogenated alkanes) is 1. The highest BCUT2D eigenvalue weighted by molar-refractivity contribution is 5.57. The van der Waals surface area contributed by atoms with E-state index < -0.39 is 5.41 Å². The zero-order valence-corrected chi connectivity index (χ0v) is 21.5. The fourth-order valence-electron chi connectivity index (χ4n) is 4.84. The summed E-state index contributed by atoms with van der Waals surface area (Å²) in [6.45, 7) is 7.73. The van der Waals surface area contributed by atoms with Crippen LogP contribution >= 0.6 is 0 Å². The summed E-state index contributed by atoms with van der Waals surface area (Å²) in [5.74, 6) is 1.62. The number of aryl methyl sites for hydroxylation is 1. The lowest BCUT2D eigenvalue weighted by molar-refractivity contribution is 0.490. The Kier molecular flexibility index (Phi) is 6.89. The molecule has 0 spiro atoms. The Morgan fingerprint density at radius 3 is 2.73 bits per heavy atom. The maximum Gasteiger partial charge on any atom is 0.335 e. The second-order valence-electron chi connectivity index (χ2n) is 9.93. The van der Waals surface area contributed by atoms with Crippen LogP contribution < -0.4 is 11.0 Å². The zero-order valence-electron chi connectivity index (χ0n) is 21.5. The first-order valence-corrected chi connectivity index (χ1v) is 12.8. The molecule has 1 aliphatic heterocycles. The minimum absolute atomic E-state index is 0.0867. The normalized spacial score (nSPS) is 14.4. The van der Waals surface area contributed by atoms with Crippen LogP contribution in [0, 0.1) is 5.92 Å². The predicted octanol–water partition coefficient (Wildman–Crippen LogP) is 3.58. The summed E-state index contributed by atoms with van der Waals surface area (Å²) >= 11 is 0. The van der Waals surface area contributed by atoms with Gasteiger partial charge in [-0.15, -0.1) is 10.2 Å². The molecule has 5 rings (SSSR count). The van der Waals surface area contributed by atoms with E-state index in [1.54, 1.807) is 10.8 Å². The average Bonchev–Trinajstić information content (AvgIpc) is 3.66. The number of allylic oxidation sites excluding steroid dienone is 2. The molecule has 0 radical (unpaired) electrons. The summed E-state index contributed by atoms with van der Waals surface area (Å²) in [7, 11) is 0. The molecule has 0 fully saturated rings. The van der Waals surface area contributed by atoms with Gasteiger partial charge in [0.1, 0.15) is 0 Å². The van der Waals surface area contributed by atoms with Gasteiger partial charge in [-0.05, 0) is 48.0 Å². The third kappa shape index (κ3) is 4.91. The molecule has 10 nitrogen and oxygen atoms in total. The van der Waals surface area contributed by atoms with Crippen LogP contribution in [0.15, 0.2) is 72.2 Å². The molecule has 0 atom stereocenters. The molecule has 192 valence electrons. The standard InChI is InChI=1S/C27H33N9O/c1-4-5-9-23-18-35(25-29-14-15-34(25)17-20(2)3)26(37)36(23)19-27(10-12-28-13-11-27)22-8-6-7-21(16-22)24-30-32-33-31-24/h6-8,10-16,18,20,28H,4-5,9,17,19H2,1-3H3,(H,30,31,32,33). The van der Waals surface area contributed by atoms with E-state index in [1.807, 2.05) is 41.5 Å². The number of hydrogen-bond acceptors (Lipinski definition) is 6. The first kappa shape index (κ1) is 24.5. The highest BCUT2D eigenvalue weighted by Gasteiger charge is 2.31. The van der Waals surface area contributed by atoms with Gasteiger partial charge < -0.3 is 9.88 Å². The second kappa shape index (κ2) is 10.4. The van der Waals surface area contributed by atoms with E-state index >= 15 is 0 Å². The van der Waals surface area contributed by atoms with Gasteiger partial charge in [-0.3, -0.25) is 4.57 Å². The molecule has 0 amide bonds. The number of H-pyrrole nitrogens is 1. The molecular weight excluding hydrogens is 466 g/mol. The Balaban J connectivity index is 1.60. The molecule has 0 bridgehead atoms. The predicted molar refractivity (Wildman–Crippen MR) is 142 cm³/mol. The molecule has 3 aromatic heterocycles. The van der Waals surface area contributed by atoms with Crippen LogP contribution in [0.2, 0.25) is 0 Å². The molecule has 4 aromatic rings. The number of tetrazole rings is 1. The number of rotatable bonds is 10.